The second-order valence-electron chi connectivity index (χ2n) is 8.93. The van der Waals surface area contributed by atoms with E-state index in [0.29, 0.717) is 23.1 Å². The maximum atomic E-state index is 12.5. The standard InChI is InChI=1S/C25H34N2O3S/c1-19(2)22-13-15-24(16-14-22)27(31(3,29)30)18-21-9-11-23(12-10-21)25(28)26-17-20-7-5-4-6-8-20/h9-16,19-20H,4-8,17-18H2,1-3H3,(H,26,28). The van der Waals surface area contributed by atoms with Crippen LogP contribution in [0.2, 0.25) is 0 Å². The first-order valence-electron chi connectivity index (χ1n) is 11.2. The number of anilines is 1. The highest BCUT2D eigenvalue weighted by atomic mass is 32.2. The van der Waals surface area contributed by atoms with Gasteiger partial charge in [0.25, 0.3) is 5.91 Å². The fourth-order valence-electron chi connectivity index (χ4n) is 4.08. The number of carbonyl (C=O) groups is 1. The minimum absolute atomic E-state index is 0.0682. The molecule has 2 aromatic rings. The van der Waals surface area contributed by atoms with Crippen LogP contribution in [0.4, 0.5) is 5.69 Å². The first-order valence-corrected chi connectivity index (χ1v) is 13.0. The van der Waals surface area contributed by atoms with Gasteiger partial charge < -0.3 is 5.32 Å². The van der Waals surface area contributed by atoms with Gasteiger partial charge in [0.05, 0.1) is 18.5 Å². The van der Waals surface area contributed by atoms with Gasteiger partial charge in [-0.1, -0.05) is 57.4 Å². The van der Waals surface area contributed by atoms with Crippen molar-refractivity contribution in [2.45, 2.75) is 58.4 Å². The highest BCUT2D eigenvalue weighted by molar-refractivity contribution is 7.92. The van der Waals surface area contributed by atoms with Gasteiger partial charge in [-0.15, -0.1) is 0 Å². The molecule has 1 aliphatic rings. The van der Waals surface area contributed by atoms with E-state index >= 15 is 0 Å². The quantitative estimate of drug-likeness (QED) is 0.619. The van der Waals surface area contributed by atoms with Crippen LogP contribution in [0, 0.1) is 5.92 Å². The summed E-state index contributed by atoms with van der Waals surface area (Å²) in [4.78, 5) is 12.5. The topological polar surface area (TPSA) is 66.5 Å². The molecule has 1 amide bonds. The molecule has 0 aliphatic heterocycles. The Balaban J connectivity index is 1.66. The van der Waals surface area contributed by atoms with Gasteiger partial charge in [0.2, 0.25) is 10.0 Å². The van der Waals surface area contributed by atoms with Crippen LogP contribution < -0.4 is 9.62 Å². The fraction of sp³-hybridized carbons (Fsp3) is 0.480. The number of hydrogen-bond donors (Lipinski definition) is 1. The maximum absolute atomic E-state index is 12.5. The monoisotopic (exact) mass is 442 g/mol. The molecule has 0 spiro atoms. The fourth-order valence-corrected chi connectivity index (χ4v) is 4.97. The summed E-state index contributed by atoms with van der Waals surface area (Å²) >= 11 is 0. The van der Waals surface area contributed by atoms with Crippen LogP contribution in [0.15, 0.2) is 48.5 Å². The molecule has 0 saturated heterocycles. The zero-order valence-corrected chi connectivity index (χ0v) is 19.6. The van der Waals surface area contributed by atoms with Gasteiger partial charge in [0, 0.05) is 12.1 Å². The van der Waals surface area contributed by atoms with E-state index in [2.05, 4.69) is 19.2 Å². The molecule has 0 bridgehead atoms. The van der Waals surface area contributed by atoms with Gasteiger partial charge in [0.1, 0.15) is 0 Å². The van der Waals surface area contributed by atoms with Crippen molar-refractivity contribution in [1.82, 2.24) is 5.32 Å². The maximum Gasteiger partial charge on any atom is 0.251 e. The smallest absolute Gasteiger partial charge is 0.251 e. The average molecular weight is 443 g/mol. The Morgan fingerprint density at radius 3 is 2.16 bits per heavy atom. The molecular formula is C25H34N2O3S. The van der Waals surface area contributed by atoms with Gasteiger partial charge in [-0.25, -0.2) is 8.42 Å². The van der Waals surface area contributed by atoms with E-state index in [0.717, 1.165) is 12.1 Å². The summed E-state index contributed by atoms with van der Waals surface area (Å²) in [5, 5.41) is 3.05. The molecule has 0 radical (unpaired) electrons. The predicted molar refractivity (Wildman–Crippen MR) is 127 cm³/mol. The molecule has 0 heterocycles. The van der Waals surface area contributed by atoms with E-state index in [1.807, 2.05) is 36.4 Å². The highest BCUT2D eigenvalue weighted by Crippen LogP contribution is 2.25. The number of hydrogen-bond acceptors (Lipinski definition) is 3. The summed E-state index contributed by atoms with van der Waals surface area (Å²) in [7, 11) is -3.44. The average Bonchev–Trinajstić information content (AvgIpc) is 2.76. The van der Waals surface area contributed by atoms with Crippen LogP contribution in [0.5, 0.6) is 0 Å². The third-order valence-corrected chi connectivity index (χ3v) is 7.21. The zero-order chi connectivity index (χ0) is 22.4. The van der Waals surface area contributed by atoms with E-state index in [1.54, 1.807) is 12.1 Å². The van der Waals surface area contributed by atoms with E-state index in [4.69, 9.17) is 0 Å². The van der Waals surface area contributed by atoms with Gasteiger partial charge in [-0.2, -0.15) is 0 Å². The molecule has 0 unspecified atom stereocenters. The van der Waals surface area contributed by atoms with E-state index in [-0.39, 0.29) is 12.5 Å². The number of rotatable bonds is 8. The van der Waals surface area contributed by atoms with Crippen molar-refractivity contribution >= 4 is 21.6 Å². The van der Waals surface area contributed by atoms with Crippen LogP contribution >= 0.6 is 0 Å². The molecule has 1 aliphatic carbocycles. The van der Waals surface area contributed by atoms with Gasteiger partial charge in [-0.05, 0) is 60.1 Å². The Morgan fingerprint density at radius 1 is 1.00 bits per heavy atom. The molecule has 1 N–H and O–H groups in total. The highest BCUT2D eigenvalue weighted by Gasteiger charge is 2.19. The Bertz CT molecular complexity index is 961. The molecule has 3 rings (SSSR count). The van der Waals surface area contributed by atoms with Crippen molar-refractivity contribution in [2.24, 2.45) is 5.92 Å². The molecule has 2 aromatic carbocycles. The van der Waals surface area contributed by atoms with Crippen molar-refractivity contribution < 1.29 is 13.2 Å². The first-order chi connectivity index (χ1) is 14.7. The Kier molecular flexibility index (Phi) is 7.76. The summed E-state index contributed by atoms with van der Waals surface area (Å²) in [5.74, 6) is 0.904. The molecule has 5 nitrogen and oxygen atoms in total. The van der Waals surface area contributed by atoms with Crippen molar-refractivity contribution in [3.8, 4) is 0 Å². The minimum Gasteiger partial charge on any atom is -0.352 e. The predicted octanol–water partition coefficient (Wildman–Crippen LogP) is 5.09. The van der Waals surface area contributed by atoms with Crippen molar-refractivity contribution in [3.05, 3.63) is 65.2 Å². The molecule has 31 heavy (non-hydrogen) atoms. The summed E-state index contributed by atoms with van der Waals surface area (Å²) in [5.41, 5.74) is 3.25. The summed E-state index contributed by atoms with van der Waals surface area (Å²) < 4.78 is 26.3. The Labute approximate surface area is 186 Å². The molecule has 0 atom stereocenters. The third-order valence-electron chi connectivity index (χ3n) is 6.07. The van der Waals surface area contributed by atoms with Crippen LogP contribution in [-0.2, 0) is 16.6 Å². The third kappa shape index (κ3) is 6.57. The van der Waals surface area contributed by atoms with Gasteiger partial charge in [0.15, 0.2) is 0 Å². The van der Waals surface area contributed by atoms with Gasteiger partial charge in [-0.3, -0.25) is 9.10 Å². The lowest BCUT2D eigenvalue weighted by Gasteiger charge is -2.23. The van der Waals surface area contributed by atoms with E-state index in [1.165, 1.54) is 48.2 Å². The normalized spacial score (nSPS) is 15.1. The zero-order valence-electron chi connectivity index (χ0n) is 18.8. The number of nitrogens with zero attached hydrogens (tertiary/aromatic N) is 1. The molecule has 6 heteroatoms. The van der Waals surface area contributed by atoms with Gasteiger partial charge >= 0.3 is 0 Å². The van der Waals surface area contributed by atoms with Crippen LogP contribution in [0.25, 0.3) is 0 Å². The van der Waals surface area contributed by atoms with Crippen LogP contribution in [-0.4, -0.2) is 27.1 Å². The second kappa shape index (κ2) is 10.3. The van der Waals surface area contributed by atoms with E-state index in [9.17, 15) is 13.2 Å². The summed E-state index contributed by atoms with van der Waals surface area (Å²) in [6, 6.07) is 14.8. The lowest BCUT2D eigenvalue weighted by molar-refractivity contribution is 0.0943. The summed E-state index contributed by atoms with van der Waals surface area (Å²) in [6.07, 6.45) is 7.42. The second-order valence-corrected chi connectivity index (χ2v) is 10.8. The molecule has 1 saturated carbocycles. The molecule has 0 aromatic heterocycles. The van der Waals surface area contributed by atoms with Crippen molar-refractivity contribution in [3.63, 3.8) is 0 Å². The Morgan fingerprint density at radius 2 is 1.61 bits per heavy atom. The molecule has 168 valence electrons. The number of nitrogens with one attached hydrogen (secondary N) is 1. The first kappa shape index (κ1) is 23.3. The largest absolute Gasteiger partial charge is 0.352 e. The van der Waals surface area contributed by atoms with E-state index < -0.39 is 10.0 Å². The lowest BCUT2D eigenvalue weighted by Crippen LogP contribution is -2.30. The number of benzene rings is 2. The number of sulfonamides is 1. The van der Waals surface area contributed by atoms with Crippen LogP contribution in [0.1, 0.15) is 73.4 Å². The lowest BCUT2D eigenvalue weighted by atomic mass is 9.89. The molecule has 1 fully saturated rings. The number of carbonyl (C=O) groups excluding carboxylic acids is 1. The summed E-state index contributed by atoms with van der Waals surface area (Å²) in [6.45, 7) is 5.17. The minimum atomic E-state index is -3.44. The van der Waals surface area contributed by atoms with Crippen molar-refractivity contribution in [1.29, 1.82) is 0 Å². The Hall–Kier alpha value is -2.34. The number of amides is 1. The van der Waals surface area contributed by atoms with Crippen molar-refractivity contribution in [2.75, 3.05) is 17.1 Å². The SMILES string of the molecule is CC(C)c1ccc(N(Cc2ccc(C(=O)NCC3CCCCC3)cc2)S(C)(=O)=O)cc1. The molecular weight excluding hydrogens is 408 g/mol. The van der Waals surface area contributed by atoms with Crippen LogP contribution in [0.3, 0.4) is 0 Å².